The van der Waals surface area contributed by atoms with Gasteiger partial charge in [-0.25, -0.2) is 0 Å². The summed E-state index contributed by atoms with van der Waals surface area (Å²) in [7, 11) is 0. The highest BCUT2D eigenvalue weighted by Crippen LogP contribution is 2.37. The minimum absolute atomic E-state index is 0.392. The second-order valence-corrected chi connectivity index (χ2v) is 8.22. The van der Waals surface area contributed by atoms with Crippen LogP contribution >= 0.6 is 11.8 Å². The van der Waals surface area contributed by atoms with Gasteiger partial charge in [-0.2, -0.15) is 0 Å². The number of benzene rings is 2. The molecule has 1 unspecified atom stereocenters. The summed E-state index contributed by atoms with van der Waals surface area (Å²) in [4.78, 5) is 1.36. The molecular formula is C22H27NO2S. The molecule has 1 N–H and O–H groups in total. The number of aryl methyl sites for hydroxylation is 2. The highest BCUT2D eigenvalue weighted by Gasteiger charge is 2.20. The van der Waals surface area contributed by atoms with Crippen LogP contribution in [0.5, 0.6) is 11.5 Å². The SMILES string of the molecule is Cc1cccc2c1CC(NCCCOc1cccc3c1SCCC3)CO2. The topological polar surface area (TPSA) is 30.5 Å². The molecule has 2 aromatic carbocycles. The lowest BCUT2D eigenvalue weighted by Gasteiger charge is -2.27. The first-order valence-corrected chi connectivity index (χ1v) is 10.6. The summed E-state index contributed by atoms with van der Waals surface area (Å²) in [6.07, 6.45) is 4.51. The Morgan fingerprint density at radius 1 is 1.23 bits per heavy atom. The molecule has 26 heavy (non-hydrogen) atoms. The normalized spacial score (nSPS) is 18.6. The Balaban J connectivity index is 1.23. The minimum Gasteiger partial charge on any atom is -0.492 e. The van der Waals surface area contributed by atoms with Crippen molar-refractivity contribution in [1.82, 2.24) is 5.32 Å². The number of nitrogens with one attached hydrogen (secondary N) is 1. The highest BCUT2D eigenvalue weighted by atomic mass is 32.2. The minimum atomic E-state index is 0.392. The predicted octanol–water partition coefficient (Wildman–Crippen LogP) is 4.40. The highest BCUT2D eigenvalue weighted by molar-refractivity contribution is 7.99. The Morgan fingerprint density at radius 3 is 3.12 bits per heavy atom. The molecule has 138 valence electrons. The van der Waals surface area contributed by atoms with E-state index in [1.807, 2.05) is 11.8 Å². The van der Waals surface area contributed by atoms with Crippen LogP contribution in [0.2, 0.25) is 0 Å². The van der Waals surface area contributed by atoms with E-state index in [9.17, 15) is 0 Å². The van der Waals surface area contributed by atoms with Gasteiger partial charge in [0.05, 0.1) is 11.5 Å². The Bertz CT molecular complexity index is 762. The van der Waals surface area contributed by atoms with Crippen molar-refractivity contribution in [1.29, 1.82) is 0 Å². The summed E-state index contributed by atoms with van der Waals surface area (Å²) >= 11 is 1.94. The van der Waals surface area contributed by atoms with Crippen molar-refractivity contribution in [3.8, 4) is 11.5 Å². The Labute approximate surface area is 160 Å². The standard InChI is InChI=1S/C22H27NO2S/c1-16-6-2-9-20-19(16)14-18(15-25-20)23-11-5-12-24-21-10-3-7-17-8-4-13-26-22(17)21/h2-3,6-7,9-10,18,23H,4-5,8,11-15H2,1H3. The molecule has 0 amide bonds. The zero-order valence-electron chi connectivity index (χ0n) is 15.4. The van der Waals surface area contributed by atoms with E-state index in [0.29, 0.717) is 6.04 Å². The van der Waals surface area contributed by atoms with Crippen molar-refractivity contribution in [3.05, 3.63) is 53.1 Å². The summed E-state index contributed by atoms with van der Waals surface area (Å²) in [5.41, 5.74) is 4.12. The van der Waals surface area contributed by atoms with Crippen molar-refractivity contribution >= 4 is 11.8 Å². The zero-order valence-corrected chi connectivity index (χ0v) is 16.2. The monoisotopic (exact) mass is 369 g/mol. The lowest BCUT2D eigenvalue weighted by Crippen LogP contribution is -2.40. The van der Waals surface area contributed by atoms with Crippen LogP contribution < -0.4 is 14.8 Å². The average molecular weight is 370 g/mol. The molecule has 1 atom stereocenters. The van der Waals surface area contributed by atoms with Gasteiger partial charge in [-0.05, 0) is 73.7 Å². The fraction of sp³-hybridized carbons (Fsp3) is 0.455. The number of thioether (sulfide) groups is 1. The van der Waals surface area contributed by atoms with E-state index in [1.54, 1.807) is 0 Å². The lowest BCUT2D eigenvalue weighted by molar-refractivity contribution is 0.232. The molecule has 0 saturated carbocycles. The molecule has 2 aromatic rings. The first-order valence-electron chi connectivity index (χ1n) is 9.63. The smallest absolute Gasteiger partial charge is 0.133 e. The quantitative estimate of drug-likeness (QED) is 0.765. The molecule has 4 heteroatoms. The van der Waals surface area contributed by atoms with Crippen LogP contribution in [0, 0.1) is 6.92 Å². The third kappa shape index (κ3) is 4.02. The van der Waals surface area contributed by atoms with E-state index in [1.165, 1.54) is 40.2 Å². The van der Waals surface area contributed by atoms with Gasteiger partial charge in [0.1, 0.15) is 18.1 Å². The van der Waals surface area contributed by atoms with Gasteiger partial charge >= 0.3 is 0 Å². The van der Waals surface area contributed by atoms with Crippen LogP contribution in [0.15, 0.2) is 41.3 Å². The van der Waals surface area contributed by atoms with Crippen molar-refractivity contribution < 1.29 is 9.47 Å². The van der Waals surface area contributed by atoms with Crippen LogP contribution in [0.3, 0.4) is 0 Å². The van der Waals surface area contributed by atoms with E-state index in [-0.39, 0.29) is 0 Å². The Hall–Kier alpha value is -1.65. The van der Waals surface area contributed by atoms with E-state index >= 15 is 0 Å². The van der Waals surface area contributed by atoms with Gasteiger partial charge in [0.15, 0.2) is 0 Å². The summed E-state index contributed by atoms with van der Waals surface area (Å²) in [6.45, 7) is 4.63. The van der Waals surface area contributed by atoms with E-state index in [0.717, 1.165) is 44.1 Å². The molecule has 0 aliphatic carbocycles. The maximum Gasteiger partial charge on any atom is 0.133 e. The maximum atomic E-state index is 6.08. The Morgan fingerprint density at radius 2 is 2.15 bits per heavy atom. The first-order chi connectivity index (χ1) is 12.8. The van der Waals surface area contributed by atoms with Crippen LogP contribution in [0.4, 0.5) is 0 Å². The summed E-state index contributed by atoms with van der Waals surface area (Å²) in [5, 5.41) is 3.63. The van der Waals surface area contributed by atoms with Gasteiger partial charge in [-0.1, -0.05) is 24.3 Å². The fourth-order valence-electron chi connectivity index (χ4n) is 3.73. The molecule has 2 heterocycles. The second kappa shape index (κ2) is 8.36. The van der Waals surface area contributed by atoms with Gasteiger partial charge in [0, 0.05) is 6.04 Å². The molecule has 3 nitrogen and oxygen atoms in total. The molecule has 2 aliphatic heterocycles. The van der Waals surface area contributed by atoms with Crippen LogP contribution in [0.25, 0.3) is 0 Å². The van der Waals surface area contributed by atoms with Crippen LogP contribution in [-0.4, -0.2) is 31.6 Å². The molecule has 0 spiro atoms. The van der Waals surface area contributed by atoms with Gasteiger partial charge < -0.3 is 14.8 Å². The van der Waals surface area contributed by atoms with E-state index in [2.05, 4.69) is 48.6 Å². The Kier molecular flexibility index (Phi) is 5.71. The van der Waals surface area contributed by atoms with Gasteiger partial charge in [0.25, 0.3) is 0 Å². The van der Waals surface area contributed by atoms with Gasteiger partial charge in [0.2, 0.25) is 0 Å². The fourth-order valence-corrected chi connectivity index (χ4v) is 4.85. The number of hydrogen-bond donors (Lipinski definition) is 1. The van der Waals surface area contributed by atoms with E-state index in [4.69, 9.17) is 9.47 Å². The van der Waals surface area contributed by atoms with Gasteiger partial charge in [-0.15, -0.1) is 11.8 Å². The van der Waals surface area contributed by atoms with Crippen LogP contribution in [0.1, 0.15) is 29.5 Å². The molecular weight excluding hydrogens is 342 g/mol. The molecule has 0 bridgehead atoms. The number of hydrogen-bond acceptors (Lipinski definition) is 4. The molecule has 2 aliphatic rings. The summed E-state index contributed by atoms with van der Waals surface area (Å²) in [6, 6.07) is 13.2. The molecule has 0 saturated heterocycles. The van der Waals surface area contributed by atoms with E-state index < -0.39 is 0 Å². The third-order valence-electron chi connectivity index (χ3n) is 5.17. The van der Waals surface area contributed by atoms with Crippen LogP contribution in [-0.2, 0) is 12.8 Å². The summed E-state index contributed by atoms with van der Waals surface area (Å²) in [5.74, 6) is 3.33. The predicted molar refractivity (Wildman–Crippen MR) is 108 cm³/mol. The van der Waals surface area contributed by atoms with Gasteiger partial charge in [-0.3, -0.25) is 0 Å². The van der Waals surface area contributed by atoms with Crippen molar-refractivity contribution in [3.63, 3.8) is 0 Å². The molecule has 0 fully saturated rings. The molecule has 0 radical (unpaired) electrons. The lowest BCUT2D eigenvalue weighted by atomic mass is 9.98. The van der Waals surface area contributed by atoms with Crippen molar-refractivity contribution in [2.24, 2.45) is 0 Å². The zero-order chi connectivity index (χ0) is 17.8. The molecule has 4 rings (SSSR count). The van der Waals surface area contributed by atoms with Crippen molar-refractivity contribution in [2.75, 3.05) is 25.5 Å². The third-order valence-corrected chi connectivity index (χ3v) is 6.41. The number of rotatable bonds is 6. The largest absolute Gasteiger partial charge is 0.492 e. The average Bonchev–Trinajstić information content (AvgIpc) is 2.68. The number of fused-ring (bicyclic) bond motifs is 2. The maximum absolute atomic E-state index is 6.08. The van der Waals surface area contributed by atoms with Crippen molar-refractivity contribution in [2.45, 2.75) is 43.5 Å². The summed E-state index contributed by atoms with van der Waals surface area (Å²) < 4.78 is 12.0. The number of ether oxygens (including phenoxy) is 2. The first kappa shape index (κ1) is 17.7. The second-order valence-electron chi connectivity index (χ2n) is 7.12. The molecule has 0 aromatic heterocycles.